The van der Waals surface area contributed by atoms with Crippen molar-refractivity contribution in [1.29, 1.82) is 0 Å². The Morgan fingerprint density at radius 2 is 0.944 bits per heavy atom. The highest BCUT2D eigenvalue weighted by molar-refractivity contribution is 7.26. The molecule has 0 saturated heterocycles. The monoisotopic (exact) mass is 701 g/mol. The lowest BCUT2D eigenvalue weighted by molar-refractivity contribution is 1.02. The zero-order valence-corrected chi connectivity index (χ0v) is 29.7. The maximum absolute atomic E-state index is 5.58. The van der Waals surface area contributed by atoms with Crippen LogP contribution in [0.2, 0.25) is 0 Å². The van der Waals surface area contributed by atoms with Crippen LogP contribution < -0.4 is 0 Å². The van der Waals surface area contributed by atoms with E-state index in [4.69, 9.17) is 9.97 Å². The predicted molar refractivity (Wildman–Crippen MR) is 230 cm³/mol. The van der Waals surface area contributed by atoms with E-state index in [0.29, 0.717) is 5.95 Å². The standard InChI is InChI=1S/C50H27N3S/c1-2-11-28(12-3-1)29-21-23-30(24-22-29)47-49-48(38-17-8-9-20-42(38)54-49)52-50(51-47)53-40-19-10-18-35-31-13-4-5-14-32(31)37-26-25-36-33-15-6-7-16-34(33)39-27-41(53)46(44(35)40)45(37)43(36)39/h1-27H. The fourth-order valence-electron chi connectivity index (χ4n) is 9.43. The van der Waals surface area contributed by atoms with Gasteiger partial charge in [-0.25, -0.2) is 9.97 Å². The van der Waals surface area contributed by atoms with E-state index in [-0.39, 0.29) is 0 Å². The molecule has 0 atom stereocenters. The Morgan fingerprint density at radius 3 is 1.69 bits per heavy atom. The first kappa shape index (κ1) is 28.7. The van der Waals surface area contributed by atoms with Crippen molar-refractivity contribution in [3.05, 3.63) is 164 Å². The first-order valence-corrected chi connectivity index (χ1v) is 19.2. The second kappa shape index (κ2) is 10.4. The van der Waals surface area contributed by atoms with Gasteiger partial charge >= 0.3 is 0 Å². The number of aromatic nitrogens is 3. The largest absolute Gasteiger partial charge is 0.278 e. The molecule has 248 valence electrons. The van der Waals surface area contributed by atoms with Crippen LogP contribution in [0.15, 0.2) is 164 Å². The van der Waals surface area contributed by atoms with Gasteiger partial charge in [0.15, 0.2) is 0 Å². The van der Waals surface area contributed by atoms with Crippen LogP contribution in [0.4, 0.5) is 0 Å². The molecule has 4 heteroatoms. The maximum atomic E-state index is 5.58. The van der Waals surface area contributed by atoms with Crippen molar-refractivity contribution in [2.75, 3.05) is 0 Å². The molecule has 0 aliphatic carbocycles. The number of benzene rings is 8. The zero-order valence-electron chi connectivity index (χ0n) is 28.8. The van der Waals surface area contributed by atoms with E-state index in [0.717, 1.165) is 37.9 Å². The van der Waals surface area contributed by atoms with Gasteiger partial charge in [0.05, 0.1) is 26.9 Å². The Bertz CT molecular complexity index is 3650. The van der Waals surface area contributed by atoms with E-state index in [2.05, 4.69) is 168 Å². The van der Waals surface area contributed by atoms with Gasteiger partial charge < -0.3 is 0 Å². The molecule has 0 spiro atoms. The summed E-state index contributed by atoms with van der Waals surface area (Å²) in [4.78, 5) is 11.1. The summed E-state index contributed by atoms with van der Waals surface area (Å²) in [6.45, 7) is 0. The second-order valence-electron chi connectivity index (χ2n) is 14.4. The molecule has 0 radical (unpaired) electrons. The van der Waals surface area contributed by atoms with E-state index in [9.17, 15) is 0 Å². The fraction of sp³-hybridized carbons (Fsp3) is 0. The van der Waals surface area contributed by atoms with Crippen molar-refractivity contribution in [2.45, 2.75) is 0 Å². The second-order valence-corrected chi connectivity index (χ2v) is 15.5. The molecule has 0 fully saturated rings. The van der Waals surface area contributed by atoms with Gasteiger partial charge in [-0.2, -0.15) is 0 Å². The summed E-state index contributed by atoms with van der Waals surface area (Å²) in [7, 11) is 0. The third kappa shape index (κ3) is 3.65. The molecule has 0 aliphatic rings. The molecule has 0 saturated carbocycles. The molecule has 0 unspecified atom stereocenters. The topological polar surface area (TPSA) is 30.7 Å². The maximum Gasteiger partial charge on any atom is 0.235 e. The number of hydrogen-bond acceptors (Lipinski definition) is 3. The Morgan fingerprint density at radius 1 is 0.370 bits per heavy atom. The van der Waals surface area contributed by atoms with Crippen molar-refractivity contribution in [3.8, 4) is 28.3 Å². The molecule has 3 nitrogen and oxygen atoms in total. The minimum Gasteiger partial charge on any atom is -0.278 e. The van der Waals surface area contributed by atoms with E-state index in [1.807, 2.05) is 0 Å². The summed E-state index contributed by atoms with van der Waals surface area (Å²) in [5.74, 6) is 0.690. The van der Waals surface area contributed by atoms with Gasteiger partial charge in [-0.05, 0) is 77.8 Å². The van der Waals surface area contributed by atoms with Crippen LogP contribution in [0.1, 0.15) is 0 Å². The van der Waals surface area contributed by atoms with Crippen LogP contribution in [0.3, 0.4) is 0 Å². The Kier molecular flexibility index (Phi) is 5.51. The molecule has 54 heavy (non-hydrogen) atoms. The van der Waals surface area contributed by atoms with Gasteiger partial charge in [0, 0.05) is 31.8 Å². The van der Waals surface area contributed by atoms with Crippen LogP contribution in [0.5, 0.6) is 0 Å². The third-order valence-electron chi connectivity index (χ3n) is 11.7. The van der Waals surface area contributed by atoms with Gasteiger partial charge in [-0.3, -0.25) is 4.57 Å². The molecule has 0 amide bonds. The first-order chi connectivity index (χ1) is 26.8. The predicted octanol–water partition coefficient (Wildman–Crippen LogP) is 13.9. The molecule has 0 aliphatic heterocycles. The summed E-state index contributed by atoms with van der Waals surface area (Å²) >= 11 is 1.78. The van der Waals surface area contributed by atoms with Gasteiger partial charge in [-0.1, -0.05) is 146 Å². The molecule has 13 rings (SSSR count). The number of fused-ring (bicyclic) bond motifs is 9. The van der Waals surface area contributed by atoms with Crippen LogP contribution in [-0.2, 0) is 0 Å². The fourth-order valence-corrected chi connectivity index (χ4v) is 10.6. The van der Waals surface area contributed by atoms with E-state index >= 15 is 0 Å². The minimum atomic E-state index is 0.690. The van der Waals surface area contributed by atoms with E-state index < -0.39 is 0 Å². The highest BCUT2D eigenvalue weighted by Gasteiger charge is 2.26. The summed E-state index contributed by atoms with van der Waals surface area (Å²) < 4.78 is 4.67. The molecule has 0 N–H and O–H groups in total. The normalized spacial score (nSPS) is 12.4. The van der Waals surface area contributed by atoms with E-state index in [1.54, 1.807) is 11.3 Å². The average molecular weight is 702 g/mol. The van der Waals surface area contributed by atoms with Crippen LogP contribution in [-0.4, -0.2) is 14.5 Å². The summed E-state index contributed by atoms with van der Waals surface area (Å²) in [6, 6.07) is 59.7. The van der Waals surface area contributed by atoms with E-state index in [1.165, 1.54) is 80.5 Å². The van der Waals surface area contributed by atoms with Crippen molar-refractivity contribution in [2.24, 2.45) is 0 Å². The molecule has 10 aromatic carbocycles. The summed E-state index contributed by atoms with van der Waals surface area (Å²) in [6.07, 6.45) is 0. The smallest absolute Gasteiger partial charge is 0.235 e. The van der Waals surface area contributed by atoms with Crippen molar-refractivity contribution in [1.82, 2.24) is 14.5 Å². The van der Waals surface area contributed by atoms with Crippen molar-refractivity contribution >= 4 is 107 Å². The number of nitrogens with zero attached hydrogens (tertiary/aromatic N) is 3. The number of hydrogen-bond donors (Lipinski definition) is 0. The summed E-state index contributed by atoms with van der Waals surface area (Å²) in [5, 5.41) is 16.5. The molecule has 3 heterocycles. The zero-order chi connectivity index (χ0) is 35.1. The van der Waals surface area contributed by atoms with Crippen molar-refractivity contribution in [3.63, 3.8) is 0 Å². The molecule has 3 aromatic heterocycles. The average Bonchev–Trinajstić information content (AvgIpc) is 3.86. The number of thiophene rings is 1. The minimum absolute atomic E-state index is 0.690. The van der Waals surface area contributed by atoms with Gasteiger partial charge in [0.2, 0.25) is 5.95 Å². The van der Waals surface area contributed by atoms with Crippen LogP contribution in [0, 0.1) is 0 Å². The lowest BCUT2D eigenvalue weighted by atomic mass is 9.97. The highest BCUT2D eigenvalue weighted by atomic mass is 32.1. The summed E-state index contributed by atoms with van der Waals surface area (Å²) in [5.41, 5.74) is 7.66. The lowest BCUT2D eigenvalue weighted by Gasteiger charge is -2.12. The van der Waals surface area contributed by atoms with Crippen molar-refractivity contribution < 1.29 is 0 Å². The Hall–Kier alpha value is -6.88. The first-order valence-electron chi connectivity index (χ1n) is 18.4. The highest BCUT2D eigenvalue weighted by Crippen LogP contribution is 2.50. The molecule has 0 bridgehead atoms. The Balaban J connectivity index is 1.21. The van der Waals surface area contributed by atoms with Crippen LogP contribution >= 0.6 is 11.3 Å². The Labute approximate surface area is 312 Å². The van der Waals surface area contributed by atoms with Gasteiger partial charge in [-0.15, -0.1) is 11.3 Å². The molecule has 13 aromatic rings. The van der Waals surface area contributed by atoms with Crippen LogP contribution in [0.25, 0.3) is 124 Å². The molecular weight excluding hydrogens is 675 g/mol. The SMILES string of the molecule is c1ccc(-c2ccc(-c3nc(-n4c5cccc6c7ccccc7c7ccc8c9ccccc9c9cc4c(c7c89)c65)nc4c3sc3ccccc34)cc2)cc1. The van der Waals surface area contributed by atoms with Gasteiger partial charge in [0.1, 0.15) is 0 Å². The quantitative estimate of drug-likeness (QED) is 0.184. The lowest BCUT2D eigenvalue weighted by Crippen LogP contribution is -2.03. The van der Waals surface area contributed by atoms with Gasteiger partial charge in [0.25, 0.3) is 0 Å². The third-order valence-corrected chi connectivity index (χ3v) is 12.9. The number of rotatable bonds is 3. The molecular formula is C50H27N3S.